The Bertz CT molecular complexity index is 301. The van der Waals surface area contributed by atoms with Crippen LogP contribution in [0.15, 0.2) is 0 Å². The highest BCUT2D eigenvalue weighted by Crippen LogP contribution is 2.29. The van der Waals surface area contributed by atoms with Crippen LogP contribution in [0.4, 0.5) is 0 Å². The molecule has 1 N–H and O–H groups in total. The Morgan fingerprint density at radius 3 is 2.53 bits per heavy atom. The average Bonchev–Trinajstić information content (AvgIpc) is 2.51. The van der Waals surface area contributed by atoms with E-state index >= 15 is 0 Å². The van der Waals surface area contributed by atoms with Crippen LogP contribution in [0.3, 0.4) is 0 Å². The summed E-state index contributed by atoms with van der Waals surface area (Å²) in [6.07, 6.45) is 0.358. The molecule has 0 spiro atoms. The maximum Gasteiger partial charge on any atom is 0.306 e. The van der Waals surface area contributed by atoms with Crippen molar-refractivity contribution in [2.45, 2.75) is 51.7 Å². The molecule has 1 rings (SSSR count). The van der Waals surface area contributed by atoms with Crippen molar-refractivity contribution in [1.82, 2.24) is 4.90 Å². The number of carbonyl (C=O) groups excluding carboxylic acids is 2. The van der Waals surface area contributed by atoms with E-state index in [9.17, 15) is 14.7 Å². The minimum atomic E-state index is -0.536. The Balaban J connectivity index is 2.46. The smallest absolute Gasteiger partial charge is 0.306 e. The van der Waals surface area contributed by atoms with Crippen LogP contribution >= 0.6 is 0 Å². The summed E-state index contributed by atoms with van der Waals surface area (Å²) in [5.74, 6) is -0.446. The highest BCUT2D eigenvalue weighted by molar-refractivity contribution is 5.82. The summed E-state index contributed by atoms with van der Waals surface area (Å²) in [5, 5.41) is 9.75. The van der Waals surface area contributed by atoms with Gasteiger partial charge in [-0.25, -0.2) is 0 Å². The summed E-state index contributed by atoms with van der Waals surface area (Å²) >= 11 is 0. The molecule has 98 valence electrons. The molecule has 1 saturated heterocycles. The normalized spacial score (nSPS) is 22.6. The number of nitrogens with zero attached hydrogens (tertiary/aromatic N) is 1. The van der Waals surface area contributed by atoms with Gasteiger partial charge < -0.3 is 14.7 Å². The molecule has 17 heavy (non-hydrogen) atoms. The second-order valence-electron chi connectivity index (χ2n) is 4.81. The van der Waals surface area contributed by atoms with Gasteiger partial charge in [0.2, 0.25) is 5.91 Å². The summed E-state index contributed by atoms with van der Waals surface area (Å²) in [4.78, 5) is 24.7. The first-order chi connectivity index (χ1) is 7.89. The zero-order valence-electron chi connectivity index (χ0n) is 10.7. The third-order valence-corrected chi connectivity index (χ3v) is 3.29. The molecular weight excluding hydrogens is 222 g/mol. The number of aliphatic hydroxyl groups excluding tert-OH is 1. The predicted octanol–water partition coefficient (Wildman–Crippen LogP) is 0.701. The zero-order valence-corrected chi connectivity index (χ0v) is 10.7. The van der Waals surface area contributed by atoms with E-state index in [1.807, 2.05) is 13.8 Å². The van der Waals surface area contributed by atoms with E-state index in [0.29, 0.717) is 19.6 Å². The number of hydrogen-bond donors (Lipinski definition) is 1. The van der Waals surface area contributed by atoms with Crippen molar-refractivity contribution in [2.24, 2.45) is 0 Å². The minimum absolute atomic E-state index is 0.0976. The number of likely N-dealkylation sites (tertiary alicyclic amines) is 1. The molecule has 0 bridgehead atoms. The van der Waals surface area contributed by atoms with Crippen LogP contribution in [0.5, 0.6) is 0 Å². The van der Waals surface area contributed by atoms with Gasteiger partial charge in [-0.05, 0) is 27.2 Å². The van der Waals surface area contributed by atoms with Crippen molar-refractivity contribution >= 4 is 11.9 Å². The largest absolute Gasteiger partial charge is 0.466 e. The van der Waals surface area contributed by atoms with E-state index in [2.05, 4.69) is 0 Å². The molecule has 0 radical (unpaired) electrons. The number of amides is 1. The topological polar surface area (TPSA) is 66.8 Å². The van der Waals surface area contributed by atoms with Crippen LogP contribution in [0, 0.1) is 0 Å². The lowest BCUT2D eigenvalue weighted by Crippen LogP contribution is -2.48. The Morgan fingerprint density at radius 2 is 2.06 bits per heavy atom. The maximum atomic E-state index is 11.9. The van der Waals surface area contributed by atoms with Gasteiger partial charge in [0.1, 0.15) is 0 Å². The molecule has 5 heteroatoms. The van der Waals surface area contributed by atoms with Crippen LogP contribution in [-0.4, -0.2) is 46.7 Å². The van der Waals surface area contributed by atoms with Crippen LogP contribution in [0.25, 0.3) is 0 Å². The lowest BCUT2D eigenvalue weighted by Gasteiger charge is -2.33. The molecule has 5 nitrogen and oxygen atoms in total. The van der Waals surface area contributed by atoms with Gasteiger partial charge in [-0.15, -0.1) is 0 Å². The second-order valence-corrected chi connectivity index (χ2v) is 4.81. The first kappa shape index (κ1) is 14.0. The fourth-order valence-corrected chi connectivity index (χ4v) is 2.10. The van der Waals surface area contributed by atoms with Crippen molar-refractivity contribution in [1.29, 1.82) is 0 Å². The quantitative estimate of drug-likeness (QED) is 0.738. The number of ether oxygens (including phenoxy) is 1. The summed E-state index contributed by atoms with van der Waals surface area (Å²) < 4.78 is 4.77. The van der Waals surface area contributed by atoms with Gasteiger partial charge in [-0.2, -0.15) is 0 Å². The van der Waals surface area contributed by atoms with Crippen molar-refractivity contribution in [3.63, 3.8) is 0 Å². The standard InChI is InChI=1S/C12H21NO4/c1-4-17-11(16)6-5-10(15)13-8-7-9(14)12(13,2)3/h9,14H,4-8H2,1-3H3. The molecule has 1 amide bonds. The minimum Gasteiger partial charge on any atom is -0.466 e. The Labute approximate surface area is 102 Å². The van der Waals surface area contributed by atoms with E-state index in [4.69, 9.17) is 4.74 Å². The fourth-order valence-electron chi connectivity index (χ4n) is 2.10. The molecule has 1 atom stereocenters. The maximum absolute atomic E-state index is 11.9. The Kier molecular flexibility index (Phi) is 4.51. The SMILES string of the molecule is CCOC(=O)CCC(=O)N1CCC(O)C1(C)C. The van der Waals surface area contributed by atoms with E-state index in [-0.39, 0.29) is 24.7 Å². The van der Waals surface area contributed by atoms with Gasteiger partial charge in [-0.3, -0.25) is 9.59 Å². The number of rotatable bonds is 4. The molecule has 1 fully saturated rings. The molecule has 0 aromatic carbocycles. The number of carbonyl (C=O) groups is 2. The van der Waals surface area contributed by atoms with Gasteiger partial charge in [0.05, 0.1) is 24.7 Å². The predicted molar refractivity (Wildman–Crippen MR) is 62.3 cm³/mol. The fraction of sp³-hybridized carbons (Fsp3) is 0.833. The highest BCUT2D eigenvalue weighted by Gasteiger charge is 2.42. The molecule has 1 heterocycles. The van der Waals surface area contributed by atoms with Crippen molar-refractivity contribution in [2.75, 3.05) is 13.2 Å². The lowest BCUT2D eigenvalue weighted by atomic mass is 9.98. The summed E-state index contributed by atoms with van der Waals surface area (Å²) in [6, 6.07) is 0. The van der Waals surface area contributed by atoms with Crippen LogP contribution in [-0.2, 0) is 14.3 Å². The van der Waals surface area contributed by atoms with Crippen molar-refractivity contribution in [3.8, 4) is 0 Å². The van der Waals surface area contributed by atoms with Crippen LogP contribution in [0.2, 0.25) is 0 Å². The first-order valence-electron chi connectivity index (χ1n) is 6.03. The molecule has 1 unspecified atom stereocenters. The van der Waals surface area contributed by atoms with Gasteiger partial charge in [-0.1, -0.05) is 0 Å². The molecule has 0 aromatic heterocycles. The molecular formula is C12H21NO4. The number of hydrogen-bond acceptors (Lipinski definition) is 4. The van der Waals surface area contributed by atoms with E-state index in [1.165, 1.54) is 0 Å². The molecule has 0 aliphatic carbocycles. The lowest BCUT2D eigenvalue weighted by molar-refractivity contribution is -0.146. The van der Waals surface area contributed by atoms with Crippen molar-refractivity contribution < 1.29 is 19.4 Å². The van der Waals surface area contributed by atoms with Gasteiger partial charge in [0, 0.05) is 13.0 Å². The van der Waals surface area contributed by atoms with Gasteiger partial charge >= 0.3 is 5.97 Å². The molecule has 0 saturated carbocycles. The zero-order chi connectivity index (χ0) is 13.1. The van der Waals surface area contributed by atoms with Crippen LogP contribution < -0.4 is 0 Å². The molecule has 1 aliphatic heterocycles. The van der Waals surface area contributed by atoms with Gasteiger partial charge in [0.25, 0.3) is 0 Å². The highest BCUT2D eigenvalue weighted by atomic mass is 16.5. The Morgan fingerprint density at radius 1 is 1.41 bits per heavy atom. The summed E-state index contributed by atoms with van der Waals surface area (Å²) in [5.41, 5.74) is -0.536. The number of aliphatic hydroxyl groups is 1. The monoisotopic (exact) mass is 243 g/mol. The Hall–Kier alpha value is -1.10. The summed E-state index contributed by atoms with van der Waals surface area (Å²) in [7, 11) is 0. The average molecular weight is 243 g/mol. The summed E-state index contributed by atoms with van der Waals surface area (Å²) in [6.45, 7) is 6.30. The first-order valence-corrected chi connectivity index (χ1v) is 6.03. The van der Waals surface area contributed by atoms with E-state index in [0.717, 1.165) is 0 Å². The third kappa shape index (κ3) is 3.19. The van der Waals surface area contributed by atoms with E-state index in [1.54, 1.807) is 11.8 Å². The van der Waals surface area contributed by atoms with E-state index < -0.39 is 11.6 Å². The third-order valence-electron chi connectivity index (χ3n) is 3.29. The number of esters is 1. The second kappa shape index (κ2) is 5.49. The molecule has 0 aromatic rings. The van der Waals surface area contributed by atoms with Gasteiger partial charge in [0.15, 0.2) is 0 Å². The van der Waals surface area contributed by atoms with Crippen LogP contribution in [0.1, 0.15) is 40.0 Å². The molecule has 1 aliphatic rings. The van der Waals surface area contributed by atoms with Crippen molar-refractivity contribution in [3.05, 3.63) is 0 Å².